The summed E-state index contributed by atoms with van der Waals surface area (Å²) >= 11 is 4.80. The van der Waals surface area contributed by atoms with Crippen LogP contribution in [0.4, 0.5) is 5.69 Å². The molecule has 30 heavy (non-hydrogen) atoms. The van der Waals surface area contributed by atoms with E-state index in [1.165, 1.54) is 15.6 Å². The van der Waals surface area contributed by atoms with Crippen molar-refractivity contribution in [3.63, 3.8) is 0 Å². The van der Waals surface area contributed by atoms with E-state index in [1.807, 2.05) is 61.9 Å². The molecule has 3 rings (SSSR count). The molecule has 0 saturated carbocycles. The number of anilines is 1. The molecule has 2 aromatic heterocycles. The number of sulfonamides is 1. The van der Waals surface area contributed by atoms with Crippen LogP contribution in [0.25, 0.3) is 0 Å². The van der Waals surface area contributed by atoms with E-state index in [1.54, 1.807) is 12.3 Å². The normalized spacial score (nSPS) is 12.5. The molecule has 0 saturated heterocycles. The van der Waals surface area contributed by atoms with Crippen molar-refractivity contribution in [3.8, 4) is 0 Å². The van der Waals surface area contributed by atoms with Crippen molar-refractivity contribution in [2.75, 3.05) is 4.31 Å². The molecule has 8 heteroatoms. The van der Waals surface area contributed by atoms with Crippen molar-refractivity contribution in [1.29, 1.82) is 0 Å². The van der Waals surface area contributed by atoms with Gasteiger partial charge in [-0.2, -0.15) is 0 Å². The number of nitrogens with zero attached hydrogens (tertiary/aromatic N) is 3. The van der Waals surface area contributed by atoms with Crippen LogP contribution in [0.2, 0.25) is 0 Å². The number of imidazole rings is 1. The standard InChI is InChI=1S/C22H28BrN3O2S2/c1-16(2)13-19-9-10-20(29-19)30(27,28)26(22(3,4)5)18-8-6-7-17(14-18)15-25-12-11-24-21(25)23/h6-12,14,16H,13,15H2,1-5H3. The van der Waals surface area contributed by atoms with E-state index in [9.17, 15) is 8.42 Å². The van der Waals surface area contributed by atoms with Crippen molar-refractivity contribution in [2.45, 2.75) is 57.3 Å². The van der Waals surface area contributed by atoms with Gasteiger partial charge in [0.05, 0.1) is 5.69 Å². The fourth-order valence-corrected chi connectivity index (χ4v) is 7.20. The highest BCUT2D eigenvalue weighted by Gasteiger charge is 2.35. The summed E-state index contributed by atoms with van der Waals surface area (Å²) < 4.78 is 32.0. The first kappa shape index (κ1) is 23.0. The smallest absolute Gasteiger partial charge is 0.274 e. The van der Waals surface area contributed by atoms with Crippen LogP contribution in [0.5, 0.6) is 0 Å². The molecule has 0 radical (unpaired) electrons. The molecule has 0 aliphatic carbocycles. The molecule has 0 amide bonds. The first-order valence-electron chi connectivity index (χ1n) is 9.88. The summed E-state index contributed by atoms with van der Waals surface area (Å²) in [5, 5.41) is 0. The lowest BCUT2D eigenvalue weighted by Crippen LogP contribution is -2.45. The highest BCUT2D eigenvalue weighted by atomic mass is 79.9. The Balaban J connectivity index is 2.00. The third kappa shape index (κ3) is 5.15. The second kappa shape index (κ2) is 8.85. The van der Waals surface area contributed by atoms with E-state index in [2.05, 4.69) is 34.8 Å². The predicted octanol–water partition coefficient (Wildman–Crippen LogP) is 5.95. The maximum absolute atomic E-state index is 13.7. The molecular weight excluding hydrogens is 482 g/mol. The van der Waals surface area contributed by atoms with Crippen molar-refractivity contribution >= 4 is 43.0 Å². The quantitative estimate of drug-likeness (QED) is 0.395. The largest absolute Gasteiger partial charge is 0.321 e. The molecule has 5 nitrogen and oxygen atoms in total. The Bertz CT molecular complexity index is 1110. The molecule has 0 aliphatic heterocycles. The zero-order valence-electron chi connectivity index (χ0n) is 18.0. The zero-order valence-corrected chi connectivity index (χ0v) is 21.2. The molecule has 0 aliphatic rings. The second-order valence-electron chi connectivity index (χ2n) is 8.75. The fraction of sp³-hybridized carbons (Fsp3) is 0.409. The molecule has 0 fully saturated rings. The Hall–Kier alpha value is -1.64. The molecule has 3 aromatic rings. The van der Waals surface area contributed by atoms with E-state index in [-0.39, 0.29) is 0 Å². The van der Waals surface area contributed by atoms with Crippen molar-refractivity contribution in [2.24, 2.45) is 5.92 Å². The minimum atomic E-state index is -3.69. The molecule has 162 valence electrons. The molecular formula is C22H28BrN3O2S2. The summed E-state index contributed by atoms with van der Waals surface area (Å²) in [5.74, 6) is 0.483. The van der Waals surface area contributed by atoms with E-state index in [0.717, 1.165) is 21.6 Å². The van der Waals surface area contributed by atoms with Gasteiger partial charge in [0, 0.05) is 29.4 Å². The molecule has 1 aromatic carbocycles. The third-order valence-electron chi connectivity index (χ3n) is 4.51. The Kier molecular flexibility index (Phi) is 6.79. The number of hydrogen-bond acceptors (Lipinski definition) is 4. The average Bonchev–Trinajstić information content (AvgIpc) is 3.23. The van der Waals surface area contributed by atoms with Gasteiger partial charge in [-0.1, -0.05) is 26.0 Å². The van der Waals surface area contributed by atoms with Gasteiger partial charge in [0.15, 0.2) is 4.73 Å². The summed E-state index contributed by atoms with van der Waals surface area (Å²) in [6.45, 7) is 10.6. The first-order valence-corrected chi connectivity index (χ1v) is 12.9. The van der Waals surface area contributed by atoms with Gasteiger partial charge in [0.25, 0.3) is 10.0 Å². The van der Waals surface area contributed by atoms with Gasteiger partial charge in [-0.25, -0.2) is 13.4 Å². The monoisotopic (exact) mass is 509 g/mol. The van der Waals surface area contributed by atoms with E-state index in [0.29, 0.717) is 22.4 Å². The van der Waals surface area contributed by atoms with Gasteiger partial charge in [-0.15, -0.1) is 11.3 Å². The second-order valence-corrected chi connectivity index (χ2v) is 12.6. The first-order chi connectivity index (χ1) is 14.0. The lowest BCUT2D eigenvalue weighted by Gasteiger charge is -2.36. The maximum Gasteiger partial charge on any atom is 0.274 e. The molecule has 0 spiro atoms. The van der Waals surface area contributed by atoms with E-state index in [4.69, 9.17) is 0 Å². The Morgan fingerprint density at radius 1 is 1.20 bits per heavy atom. The fourth-order valence-electron chi connectivity index (χ4n) is 3.39. The lowest BCUT2D eigenvalue weighted by molar-refractivity contribution is 0.537. The molecule has 0 bridgehead atoms. The minimum absolute atomic E-state index is 0.385. The number of halogens is 1. The van der Waals surface area contributed by atoms with Gasteiger partial charge in [0.2, 0.25) is 0 Å². The number of thiophene rings is 1. The number of rotatable bonds is 7. The van der Waals surface area contributed by atoms with Gasteiger partial charge in [-0.3, -0.25) is 4.31 Å². The molecule has 0 atom stereocenters. The van der Waals surface area contributed by atoms with Gasteiger partial charge >= 0.3 is 0 Å². The summed E-state index contributed by atoms with van der Waals surface area (Å²) in [6, 6.07) is 11.4. The van der Waals surface area contributed by atoms with Gasteiger partial charge in [0.1, 0.15) is 4.21 Å². The summed E-state index contributed by atoms with van der Waals surface area (Å²) in [5.41, 5.74) is 1.05. The number of hydrogen-bond donors (Lipinski definition) is 0. The molecule has 0 N–H and O–H groups in total. The summed E-state index contributed by atoms with van der Waals surface area (Å²) in [6.07, 6.45) is 4.49. The van der Waals surface area contributed by atoms with Gasteiger partial charge in [-0.05, 0) is 78.9 Å². The van der Waals surface area contributed by atoms with E-state index >= 15 is 0 Å². The topological polar surface area (TPSA) is 55.2 Å². The van der Waals surface area contributed by atoms with Crippen LogP contribution in [0, 0.1) is 5.92 Å². The van der Waals surface area contributed by atoms with Crippen molar-refractivity contribution in [1.82, 2.24) is 9.55 Å². The molecule has 0 unspecified atom stereocenters. The lowest BCUT2D eigenvalue weighted by atomic mass is 10.1. The summed E-state index contributed by atoms with van der Waals surface area (Å²) in [4.78, 5) is 5.28. The van der Waals surface area contributed by atoms with Crippen LogP contribution in [-0.2, 0) is 23.0 Å². The zero-order chi connectivity index (χ0) is 22.1. The SMILES string of the molecule is CC(C)Cc1ccc(S(=O)(=O)N(c2cccc(Cn3ccnc3Br)c2)C(C)(C)C)s1. The Morgan fingerprint density at radius 3 is 2.53 bits per heavy atom. The van der Waals surface area contributed by atoms with Crippen molar-refractivity contribution in [3.05, 3.63) is 64.0 Å². The highest BCUT2D eigenvalue weighted by Crippen LogP contribution is 2.35. The number of aromatic nitrogens is 2. The van der Waals surface area contributed by atoms with Crippen LogP contribution >= 0.6 is 27.3 Å². The Labute approximate surface area is 191 Å². The Morgan fingerprint density at radius 2 is 1.93 bits per heavy atom. The molecule has 2 heterocycles. The summed E-state index contributed by atoms with van der Waals surface area (Å²) in [7, 11) is -3.69. The maximum atomic E-state index is 13.7. The number of benzene rings is 1. The van der Waals surface area contributed by atoms with Crippen LogP contribution in [0.3, 0.4) is 0 Å². The minimum Gasteiger partial charge on any atom is -0.321 e. The predicted molar refractivity (Wildman–Crippen MR) is 128 cm³/mol. The van der Waals surface area contributed by atoms with Crippen LogP contribution < -0.4 is 4.31 Å². The van der Waals surface area contributed by atoms with Crippen molar-refractivity contribution < 1.29 is 8.42 Å². The van der Waals surface area contributed by atoms with Crippen LogP contribution in [0.1, 0.15) is 45.1 Å². The van der Waals surface area contributed by atoms with Gasteiger partial charge < -0.3 is 4.57 Å². The average molecular weight is 511 g/mol. The van der Waals surface area contributed by atoms with Crippen LogP contribution in [0.15, 0.2) is 57.7 Å². The van der Waals surface area contributed by atoms with Crippen LogP contribution in [-0.4, -0.2) is 23.5 Å². The highest BCUT2D eigenvalue weighted by molar-refractivity contribution is 9.10. The van der Waals surface area contributed by atoms with E-state index < -0.39 is 15.6 Å². The third-order valence-corrected chi connectivity index (χ3v) is 8.84.